The lowest BCUT2D eigenvalue weighted by molar-refractivity contribution is -0.120. The highest BCUT2D eigenvalue weighted by atomic mass is 32.1. The molecule has 2 amide bonds. The smallest absolute Gasteiger partial charge is 0.226 e. The van der Waals surface area contributed by atoms with Crippen LogP contribution < -0.4 is 10.6 Å². The van der Waals surface area contributed by atoms with Gasteiger partial charge in [-0.2, -0.15) is 5.10 Å². The minimum absolute atomic E-state index is 0.132. The number of rotatable bonds is 6. The number of aromatic nitrogens is 3. The van der Waals surface area contributed by atoms with Gasteiger partial charge in [0.2, 0.25) is 11.8 Å². The van der Waals surface area contributed by atoms with Crippen molar-refractivity contribution >= 4 is 28.8 Å². The summed E-state index contributed by atoms with van der Waals surface area (Å²) in [6.45, 7) is 1.44. The lowest BCUT2D eigenvalue weighted by Crippen LogP contribution is -2.29. The van der Waals surface area contributed by atoms with E-state index in [9.17, 15) is 9.59 Å². The van der Waals surface area contributed by atoms with Gasteiger partial charge in [-0.3, -0.25) is 9.59 Å². The highest BCUT2D eigenvalue weighted by Crippen LogP contribution is 2.23. The molecule has 0 bridgehead atoms. The molecule has 7 nitrogen and oxygen atoms in total. The van der Waals surface area contributed by atoms with Crippen molar-refractivity contribution < 1.29 is 9.59 Å². The van der Waals surface area contributed by atoms with E-state index in [-0.39, 0.29) is 24.3 Å². The number of carbonyl (C=O) groups is 2. The molecule has 0 aliphatic heterocycles. The molecule has 3 rings (SSSR count). The summed E-state index contributed by atoms with van der Waals surface area (Å²) >= 11 is 1.50. The van der Waals surface area contributed by atoms with Crippen molar-refractivity contribution in [1.82, 2.24) is 20.1 Å². The molecule has 0 radical (unpaired) electrons. The number of hydrogen-bond acceptors (Lipinski definition) is 5. The number of nitrogens with zero attached hydrogens (tertiary/aromatic N) is 3. The average molecular weight is 355 g/mol. The Kier molecular flexibility index (Phi) is 5.20. The van der Waals surface area contributed by atoms with Crippen LogP contribution in [0, 0.1) is 0 Å². The second-order valence-electron chi connectivity index (χ2n) is 5.35. The van der Waals surface area contributed by atoms with Crippen LogP contribution >= 0.6 is 11.3 Å². The van der Waals surface area contributed by atoms with E-state index in [1.807, 2.05) is 17.5 Å². The number of hydrogen-bond donors (Lipinski definition) is 2. The predicted molar refractivity (Wildman–Crippen MR) is 95.5 cm³/mol. The molecule has 128 valence electrons. The Morgan fingerprint density at radius 2 is 2.12 bits per heavy atom. The van der Waals surface area contributed by atoms with Gasteiger partial charge in [0.05, 0.1) is 18.2 Å². The summed E-state index contributed by atoms with van der Waals surface area (Å²) in [5.41, 5.74) is 0.559. The summed E-state index contributed by atoms with van der Waals surface area (Å²) in [5, 5.41) is 11.7. The molecule has 8 heteroatoms. The first-order valence-corrected chi connectivity index (χ1v) is 8.57. The lowest BCUT2D eigenvalue weighted by atomic mass is 10.1. The van der Waals surface area contributed by atoms with E-state index >= 15 is 0 Å². The van der Waals surface area contributed by atoms with Crippen LogP contribution in [0.3, 0.4) is 0 Å². The van der Waals surface area contributed by atoms with Crippen LogP contribution in [0.25, 0.3) is 5.82 Å². The molecule has 0 saturated heterocycles. The molecule has 0 spiro atoms. The third-order valence-electron chi connectivity index (χ3n) is 3.44. The normalized spacial score (nSPS) is 11.7. The Labute approximate surface area is 148 Å². The van der Waals surface area contributed by atoms with Crippen molar-refractivity contribution in [3.63, 3.8) is 0 Å². The predicted octanol–water partition coefficient (Wildman–Crippen LogP) is 2.53. The number of thiophene rings is 1. The van der Waals surface area contributed by atoms with Crippen molar-refractivity contribution in [3.8, 4) is 5.82 Å². The number of anilines is 1. The van der Waals surface area contributed by atoms with E-state index in [0.717, 1.165) is 4.88 Å². The van der Waals surface area contributed by atoms with Crippen LogP contribution in [0.4, 0.5) is 5.69 Å². The zero-order valence-corrected chi connectivity index (χ0v) is 14.4. The van der Waals surface area contributed by atoms with Crippen LogP contribution in [-0.2, 0) is 9.59 Å². The van der Waals surface area contributed by atoms with E-state index in [4.69, 9.17) is 0 Å². The van der Waals surface area contributed by atoms with E-state index in [1.54, 1.807) is 41.5 Å². The maximum atomic E-state index is 12.5. The fourth-order valence-corrected chi connectivity index (χ4v) is 3.19. The van der Waals surface area contributed by atoms with Crippen LogP contribution in [0.2, 0.25) is 0 Å². The van der Waals surface area contributed by atoms with E-state index in [1.165, 1.54) is 18.3 Å². The monoisotopic (exact) mass is 355 g/mol. The molecule has 0 aromatic carbocycles. The quantitative estimate of drug-likeness (QED) is 0.711. The molecule has 0 fully saturated rings. The fraction of sp³-hybridized carbons (Fsp3) is 0.176. The van der Waals surface area contributed by atoms with Crippen LogP contribution in [0.5, 0.6) is 0 Å². The molecule has 1 atom stereocenters. The van der Waals surface area contributed by atoms with E-state index < -0.39 is 0 Å². The SMILES string of the molecule is CC(=O)N[C@@H](CC(=O)Nc1cccnc1-n1cccn1)c1cccs1. The molecule has 3 aromatic heterocycles. The van der Waals surface area contributed by atoms with E-state index in [2.05, 4.69) is 20.7 Å². The van der Waals surface area contributed by atoms with Gasteiger partial charge in [0.1, 0.15) is 0 Å². The maximum Gasteiger partial charge on any atom is 0.226 e. The Hall–Kier alpha value is -3.00. The summed E-state index contributed by atoms with van der Waals surface area (Å²) < 4.78 is 1.58. The highest BCUT2D eigenvalue weighted by Gasteiger charge is 2.19. The molecule has 0 aliphatic rings. The standard InChI is InChI=1S/C17H17N5O2S/c1-12(23)20-14(15-6-3-10-25-15)11-16(24)21-13-5-2-7-18-17(13)22-9-4-8-19-22/h2-10,14H,11H2,1H3,(H,20,23)(H,21,24)/t14-/m0/s1. The van der Waals surface area contributed by atoms with Gasteiger partial charge < -0.3 is 10.6 Å². The molecule has 25 heavy (non-hydrogen) atoms. The highest BCUT2D eigenvalue weighted by molar-refractivity contribution is 7.10. The van der Waals surface area contributed by atoms with E-state index in [0.29, 0.717) is 11.5 Å². The van der Waals surface area contributed by atoms with Gasteiger partial charge in [0, 0.05) is 30.4 Å². The minimum Gasteiger partial charge on any atom is -0.348 e. The summed E-state index contributed by atoms with van der Waals surface area (Å²) in [6, 6.07) is 8.72. The first kappa shape index (κ1) is 16.8. The van der Waals surface area contributed by atoms with Gasteiger partial charge in [-0.1, -0.05) is 6.07 Å². The first-order chi connectivity index (χ1) is 12.1. The van der Waals surface area contributed by atoms with Crippen molar-refractivity contribution in [1.29, 1.82) is 0 Å². The maximum absolute atomic E-state index is 12.5. The Morgan fingerprint density at radius 3 is 2.80 bits per heavy atom. The summed E-state index contributed by atoms with van der Waals surface area (Å²) in [6.07, 6.45) is 5.17. The zero-order valence-electron chi connectivity index (χ0n) is 13.5. The topological polar surface area (TPSA) is 88.9 Å². The number of nitrogens with one attached hydrogen (secondary N) is 2. The van der Waals surface area contributed by atoms with Gasteiger partial charge in [-0.25, -0.2) is 9.67 Å². The summed E-state index contributed by atoms with van der Waals surface area (Å²) in [5.74, 6) is 0.145. The third kappa shape index (κ3) is 4.30. The molecule has 0 unspecified atom stereocenters. The van der Waals surface area contributed by atoms with Gasteiger partial charge >= 0.3 is 0 Å². The van der Waals surface area contributed by atoms with Crippen molar-refractivity contribution in [3.05, 3.63) is 59.2 Å². The fourth-order valence-electron chi connectivity index (χ4n) is 2.42. The average Bonchev–Trinajstić information content (AvgIpc) is 3.28. The van der Waals surface area contributed by atoms with Crippen LogP contribution in [0.1, 0.15) is 24.3 Å². The second kappa shape index (κ2) is 7.71. The molecule has 3 heterocycles. The minimum atomic E-state index is -0.359. The second-order valence-corrected chi connectivity index (χ2v) is 6.33. The molecule has 0 saturated carbocycles. The first-order valence-electron chi connectivity index (χ1n) is 7.69. The van der Waals surface area contributed by atoms with Crippen molar-refractivity contribution in [2.24, 2.45) is 0 Å². The summed E-state index contributed by atoms with van der Waals surface area (Å²) in [4.78, 5) is 29.1. The van der Waals surface area contributed by atoms with Crippen molar-refractivity contribution in [2.75, 3.05) is 5.32 Å². The van der Waals surface area contributed by atoms with Gasteiger partial charge in [0.15, 0.2) is 5.82 Å². The third-order valence-corrected chi connectivity index (χ3v) is 4.42. The zero-order chi connectivity index (χ0) is 17.6. The largest absolute Gasteiger partial charge is 0.348 e. The Balaban J connectivity index is 1.75. The van der Waals surface area contributed by atoms with Gasteiger partial charge in [-0.15, -0.1) is 11.3 Å². The number of pyridine rings is 1. The number of amides is 2. The summed E-state index contributed by atoms with van der Waals surface area (Å²) in [7, 11) is 0. The molecule has 2 N–H and O–H groups in total. The molecule has 3 aromatic rings. The van der Waals surface area contributed by atoms with Crippen LogP contribution in [0.15, 0.2) is 54.3 Å². The lowest BCUT2D eigenvalue weighted by Gasteiger charge is -2.17. The van der Waals surface area contributed by atoms with Gasteiger partial charge in [-0.05, 0) is 29.6 Å². The van der Waals surface area contributed by atoms with Crippen molar-refractivity contribution in [2.45, 2.75) is 19.4 Å². The van der Waals surface area contributed by atoms with Gasteiger partial charge in [0.25, 0.3) is 0 Å². The number of carbonyl (C=O) groups excluding carboxylic acids is 2. The molecular formula is C17H17N5O2S. The molecule has 0 aliphatic carbocycles. The van der Waals surface area contributed by atoms with Crippen LogP contribution in [-0.4, -0.2) is 26.6 Å². The Morgan fingerprint density at radius 1 is 1.24 bits per heavy atom. The molecular weight excluding hydrogens is 338 g/mol. The Bertz CT molecular complexity index is 846.